The Morgan fingerprint density at radius 1 is 1.00 bits per heavy atom. The highest BCUT2D eigenvalue weighted by Gasteiger charge is 2.11. The Morgan fingerprint density at radius 3 is 2.35 bits per heavy atom. The van der Waals surface area contributed by atoms with Gasteiger partial charge < -0.3 is 9.47 Å². The van der Waals surface area contributed by atoms with E-state index < -0.39 is 0 Å². The molecule has 0 spiro atoms. The average molecular weight is 331 g/mol. The number of carbonyl (C=O) groups excluding carboxylic acids is 1. The molecule has 120 valence electrons. The highest BCUT2D eigenvalue weighted by molar-refractivity contribution is 7.80. The molecular formula is C16H17N3O3S. The van der Waals surface area contributed by atoms with Gasteiger partial charge in [0.05, 0.1) is 19.9 Å². The van der Waals surface area contributed by atoms with Crippen molar-refractivity contribution < 1.29 is 14.3 Å². The standard InChI is InChI=1S/C16H17N3O3S/c1-21-13-9-8-11(10-14(13)22-2)15(20)17-16(23)19-18-12-6-4-3-5-7-12/h3-10,18H,1-2H3,(H2,17,19,20,23). The third-order valence-corrected chi connectivity index (χ3v) is 3.17. The first-order valence-electron chi connectivity index (χ1n) is 6.78. The number of amides is 1. The zero-order valence-corrected chi connectivity index (χ0v) is 13.6. The van der Waals surface area contributed by atoms with Crippen molar-refractivity contribution in [3.8, 4) is 11.5 Å². The molecule has 0 aliphatic carbocycles. The van der Waals surface area contributed by atoms with E-state index in [1.165, 1.54) is 14.2 Å². The molecule has 0 saturated carbocycles. The summed E-state index contributed by atoms with van der Waals surface area (Å²) in [6, 6.07) is 14.3. The molecule has 0 fully saturated rings. The molecule has 0 unspecified atom stereocenters. The highest BCUT2D eigenvalue weighted by atomic mass is 32.1. The highest BCUT2D eigenvalue weighted by Crippen LogP contribution is 2.27. The molecule has 0 saturated heterocycles. The smallest absolute Gasteiger partial charge is 0.257 e. The first-order chi connectivity index (χ1) is 11.1. The molecule has 0 bridgehead atoms. The van der Waals surface area contributed by atoms with Crippen LogP contribution in [0.1, 0.15) is 10.4 Å². The maximum Gasteiger partial charge on any atom is 0.257 e. The Balaban J connectivity index is 1.94. The molecular weight excluding hydrogens is 314 g/mol. The van der Waals surface area contributed by atoms with E-state index in [0.717, 1.165) is 5.69 Å². The Morgan fingerprint density at radius 2 is 1.70 bits per heavy atom. The number of hydrazine groups is 1. The summed E-state index contributed by atoms with van der Waals surface area (Å²) in [5.74, 6) is 0.676. The van der Waals surface area contributed by atoms with Crippen LogP contribution in [-0.4, -0.2) is 25.2 Å². The topological polar surface area (TPSA) is 71.6 Å². The van der Waals surface area contributed by atoms with Crippen LogP contribution in [0.2, 0.25) is 0 Å². The summed E-state index contributed by atoms with van der Waals surface area (Å²) in [6.07, 6.45) is 0. The minimum Gasteiger partial charge on any atom is -0.493 e. The molecule has 23 heavy (non-hydrogen) atoms. The normalized spacial score (nSPS) is 9.65. The van der Waals surface area contributed by atoms with Crippen molar-refractivity contribution in [1.82, 2.24) is 10.7 Å². The fraction of sp³-hybridized carbons (Fsp3) is 0.125. The fourth-order valence-corrected chi connectivity index (χ4v) is 1.98. The molecule has 7 heteroatoms. The molecule has 2 aromatic carbocycles. The summed E-state index contributed by atoms with van der Waals surface area (Å²) in [6.45, 7) is 0. The molecule has 0 aromatic heterocycles. The molecule has 0 heterocycles. The number of para-hydroxylation sites is 1. The van der Waals surface area contributed by atoms with Gasteiger partial charge in [-0.05, 0) is 42.5 Å². The number of thiocarbonyl (C=S) groups is 1. The Labute approximate surface area is 139 Å². The van der Waals surface area contributed by atoms with E-state index in [1.807, 2.05) is 30.3 Å². The number of carbonyl (C=O) groups is 1. The lowest BCUT2D eigenvalue weighted by atomic mass is 10.2. The number of nitrogens with one attached hydrogen (secondary N) is 3. The van der Waals surface area contributed by atoms with Gasteiger partial charge in [-0.15, -0.1) is 0 Å². The summed E-state index contributed by atoms with van der Waals surface area (Å²) >= 11 is 5.08. The summed E-state index contributed by atoms with van der Waals surface area (Å²) in [5, 5.41) is 2.74. The Hall–Kier alpha value is -2.80. The Kier molecular flexibility index (Phi) is 5.76. The molecule has 0 aliphatic heterocycles. The van der Waals surface area contributed by atoms with Gasteiger partial charge in [0.2, 0.25) is 0 Å². The number of ether oxygens (including phenoxy) is 2. The van der Waals surface area contributed by atoms with Gasteiger partial charge in [0, 0.05) is 5.56 Å². The maximum absolute atomic E-state index is 12.2. The number of hydrogen-bond donors (Lipinski definition) is 3. The lowest BCUT2D eigenvalue weighted by molar-refractivity contribution is 0.0976. The van der Waals surface area contributed by atoms with Crippen LogP contribution >= 0.6 is 12.2 Å². The van der Waals surface area contributed by atoms with Crippen LogP contribution in [0.4, 0.5) is 5.69 Å². The Bertz CT molecular complexity index is 692. The predicted octanol–water partition coefficient (Wildman–Crippen LogP) is 2.34. The van der Waals surface area contributed by atoms with Gasteiger partial charge in [-0.25, -0.2) is 0 Å². The number of anilines is 1. The van der Waals surface area contributed by atoms with Gasteiger partial charge in [0.15, 0.2) is 16.6 Å². The monoisotopic (exact) mass is 331 g/mol. The van der Waals surface area contributed by atoms with Crippen molar-refractivity contribution in [1.29, 1.82) is 0 Å². The molecule has 6 nitrogen and oxygen atoms in total. The first kappa shape index (κ1) is 16.6. The van der Waals surface area contributed by atoms with E-state index in [-0.39, 0.29) is 11.0 Å². The molecule has 3 N–H and O–H groups in total. The minimum absolute atomic E-state index is 0.161. The van der Waals surface area contributed by atoms with Crippen molar-refractivity contribution in [2.24, 2.45) is 0 Å². The largest absolute Gasteiger partial charge is 0.493 e. The van der Waals surface area contributed by atoms with Gasteiger partial charge in [-0.3, -0.25) is 21.0 Å². The lowest BCUT2D eigenvalue weighted by Gasteiger charge is -2.12. The second-order valence-electron chi connectivity index (χ2n) is 4.47. The number of hydrogen-bond acceptors (Lipinski definition) is 5. The minimum atomic E-state index is -0.349. The third kappa shape index (κ3) is 4.58. The summed E-state index contributed by atoms with van der Waals surface area (Å²) in [4.78, 5) is 12.2. The van der Waals surface area contributed by atoms with Crippen LogP contribution in [-0.2, 0) is 0 Å². The van der Waals surface area contributed by atoms with Crippen LogP contribution in [0.3, 0.4) is 0 Å². The van der Waals surface area contributed by atoms with Crippen LogP contribution in [0.5, 0.6) is 11.5 Å². The summed E-state index contributed by atoms with van der Waals surface area (Å²) < 4.78 is 10.3. The van der Waals surface area contributed by atoms with Crippen molar-refractivity contribution in [3.05, 3.63) is 54.1 Å². The second-order valence-corrected chi connectivity index (χ2v) is 4.88. The number of methoxy groups -OCH3 is 2. The van der Waals surface area contributed by atoms with Crippen LogP contribution in [0.25, 0.3) is 0 Å². The SMILES string of the molecule is COc1ccc(C(=O)NC(=S)NNc2ccccc2)cc1OC. The average Bonchev–Trinajstić information content (AvgIpc) is 2.60. The maximum atomic E-state index is 12.2. The predicted molar refractivity (Wildman–Crippen MR) is 92.8 cm³/mol. The molecule has 0 aliphatic rings. The van der Waals surface area contributed by atoms with E-state index in [2.05, 4.69) is 16.2 Å². The van der Waals surface area contributed by atoms with E-state index in [0.29, 0.717) is 17.1 Å². The molecule has 2 aromatic rings. The van der Waals surface area contributed by atoms with E-state index in [4.69, 9.17) is 21.7 Å². The van der Waals surface area contributed by atoms with Crippen molar-refractivity contribution in [3.63, 3.8) is 0 Å². The van der Waals surface area contributed by atoms with E-state index in [9.17, 15) is 4.79 Å². The van der Waals surface area contributed by atoms with E-state index in [1.54, 1.807) is 18.2 Å². The van der Waals surface area contributed by atoms with Crippen LogP contribution in [0, 0.1) is 0 Å². The molecule has 2 rings (SSSR count). The van der Waals surface area contributed by atoms with Gasteiger partial charge in [0.1, 0.15) is 0 Å². The van der Waals surface area contributed by atoms with Crippen molar-refractivity contribution in [2.75, 3.05) is 19.6 Å². The molecule has 0 atom stereocenters. The second kappa shape index (κ2) is 8.00. The fourth-order valence-electron chi connectivity index (χ4n) is 1.83. The molecule has 1 amide bonds. The van der Waals surface area contributed by atoms with Gasteiger partial charge in [-0.2, -0.15) is 0 Å². The van der Waals surface area contributed by atoms with Crippen molar-refractivity contribution in [2.45, 2.75) is 0 Å². The van der Waals surface area contributed by atoms with Gasteiger partial charge in [0.25, 0.3) is 5.91 Å². The summed E-state index contributed by atoms with van der Waals surface area (Å²) in [5.41, 5.74) is 6.87. The number of rotatable bonds is 5. The van der Waals surface area contributed by atoms with Crippen LogP contribution in [0.15, 0.2) is 48.5 Å². The zero-order valence-electron chi connectivity index (χ0n) is 12.8. The lowest BCUT2D eigenvalue weighted by Crippen LogP contribution is -2.41. The third-order valence-electron chi connectivity index (χ3n) is 2.97. The number of benzene rings is 2. The first-order valence-corrected chi connectivity index (χ1v) is 7.19. The van der Waals surface area contributed by atoms with Crippen molar-refractivity contribution >= 4 is 28.9 Å². The zero-order chi connectivity index (χ0) is 16.7. The quantitative estimate of drug-likeness (QED) is 0.577. The van der Waals surface area contributed by atoms with E-state index >= 15 is 0 Å². The van der Waals surface area contributed by atoms with Crippen LogP contribution < -0.4 is 25.6 Å². The van der Waals surface area contributed by atoms with Gasteiger partial charge in [-0.1, -0.05) is 18.2 Å². The molecule has 0 radical (unpaired) electrons. The summed E-state index contributed by atoms with van der Waals surface area (Å²) in [7, 11) is 3.04. The van der Waals surface area contributed by atoms with Gasteiger partial charge >= 0.3 is 0 Å².